The molecule has 1 fully saturated rings. The number of nitrogens with zero attached hydrogens (tertiary/aromatic N) is 1. The van der Waals surface area contributed by atoms with E-state index in [-0.39, 0.29) is 30.1 Å². The van der Waals surface area contributed by atoms with Crippen LogP contribution in [0.2, 0.25) is 0 Å². The summed E-state index contributed by atoms with van der Waals surface area (Å²) in [6, 6.07) is 7.28. The van der Waals surface area contributed by atoms with Gasteiger partial charge in [-0.1, -0.05) is 31.9 Å². The second kappa shape index (κ2) is 15.4. The highest BCUT2D eigenvalue weighted by molar-refractivity contribution is 5.77. The number of terminal acetylenes is 1. The molecule has 192 valence electrons. The Morgan fingerprint density at radius 3 is 2.32 bits per heavy atom. The number of aliphatic hydroxyl groups excluding tert-OH is 2. The molecule has 34 heavy (non-hydrogen) atoms. The minimum absolute atomic E-state index is 0.0880. The smallest absolute Gasteiger partial charge is 0.223 e. The van der Waals surface area contributed by atoms with Crippen LogP contribution in [0.3, 0.4) is 0 Å². The van der Waals surface area contributed by atoms with Crippen LogP contribution in [-0.4, -0.2) is 65.9 Å². The molecule has 1 saturated heterocycles. The molecule has 2 rings (SSSR count). The zero-order valence-electron chi connectivity index (χ0n) is 21.1. The summed E-state index contributed by atoms with van der Waals surface area (Å²) in [5, 5.41) is 20.9. The first-order valence-electron chi connectivity index (χ1n) is 11.2. The fourth-order valence-electron chi connectivity index (χ4n) is 3.54. The van der Waals surface area contributed by atoms with Gasteiger partial charge in [-0.2, -0.15) is 0 Å². The SMILES string of the molecule is C#Cc1ccc(C(NC=O)C(C)(C)OC)cc1.CC(C)(CCO)CC(=O)N1CCC(O)C1.NN. The van der Waals surface area contributed by atoms with E-state index in [0.717, 1.165) is 11.1 Å². The number of carbonyl (C=O) groups excluding carboxylic acids is 2. The molecule has 9 nitrogen and oxygen atoms in total. The summed E-state index contributed by atoms with van der Waals surface area (Å²) in [6.07, 6.45) is 7.39. The van der Waals surface area contributed by atoms with E-state index in [0.29, 0.717) is 38.8 Å². The molecule has 0 saturated carbocycles. The van der Waals surface area contributed by atoms with Crippen molar-refractivity contribution >= 4 is 12.3 Å². The average molecular weight is 479 g/mol. The molecule has 1 aromatic rings. The zero-order chi connectivity index (χ0) is 26.4. The number of hydrazine groups is 1. The molecule has 0 spiro atoms. The van der Waals surface area contributed by atoms with Gasteiger partial charge in [-0.15, -0.1) is 6.42 Å². The number of rotatable bonds is 9. The second-order valence-corrected chi connectivity index (χ2v) is 9.39. The number of aliphatic hydroxyl groups is 2. The number of nitrogens with one attached hydrogen (secondary N) is 1. The van der Waals surface area contributed by atoms with Gasteiger partial charge in [0.2, 0.25) is 12.3 Å². The summed E-state index contributed by atoms with van der Waals surface area (Å²) < 4.78 is 5.40. The van der Waals surface area contributed by atoms with Crippen molar-refractivity contribution < 1.29 is 24.5 Å². The van der Waals surface area contributed by atoms with E-state index in [1.54, 1.807) is 12.0 Å². The van der Waals surface area contributed by atoms with Gasteiger partial charge in [0.25, 0.3) is 0 Å². The second-order valence-electron chi connectivity index (χ2n) is 9.39. The molecule has 0 aromatic heterocycles. The zero-order valence-corrected chi connectivity index (χ0v) is 21.1. The number of hydrogen-bond donors (Lipinski definition) is 5. The lowest BCUT2D eigenvalue weighted by Crippen LogP contribution is -2.40. The summed E-state index contributed by atoms with van der Waals surface area (Å²) in [7, 11) is 1.62. The van der Waals surface area contributed by atoms with Crippen LogP contribution in [0.25, 0.3) is 0 Å². The highest BCUT2D eigenvalue weighted by Crippen LogP contribution is 2.28. The molecular formula is C25H42N4O5. The molecule has 1 aliphatic heterocycles. The fourth-order valence-corrected chi connectivity index (χ4v) is 3.54. The predicted molar refractivity (Wildman–Crippen MR) is 133 cm³/mol. The summed E-state index contributed by atoms with van der Waals surface area (Å²) >= 11 is 0. The lowest BCUT2D eigenvalue weighted by Gasteiger charge is -2.33. The number of nitrogens with two attached hydrogens (primary N) is 2. The number of carbonyl (C=O) groups is 2. The van der Waals surface area contributed by atoms with E-state index in [2.05, 4.69) is 22.9 Å². The first-order valence-corrected chi connectivity index (χ1v) is 11.2. The van der Waals surface area contributed by atoms with Crippen molar-refractivity contribution in [1.29, 1.82) is 0 Å². The summed E-state index contributed by atoms with van der Waals surface area (Å²) in [4.78, 5) is 24.2. The Labute approximate surface area is 203 Å². The maximum atomic E-state index is 11.8. The quantitative estimate of drug-likeness (QED) is 0.154. The van der Waals surface area contributed by atoms with E-state index >= 15 is 0 Å². The van der Waals surface area contributed by atoms with Gasteiger partial charge in [0.1, 0.15) is 0 Å². The number of ether oxygens (including phenoxy) is 1. The minimum atomic E-state index is -0.488. The van der Waals surface area contributed by atoms with Gasteiger partial charge in [0.05, 0.1) is 17.7 Å². The van der Waals surface area contributed by atoms with Gasteiger partial charge < -0.3 is 25.2 Å². The van der Waals surface area contributed by atoms with Crippen LogP contribution in [0.4, 0.5) is 0 Å². The molecule has 1 heterocycles. The third-order valence-corrected chi connectivity index (χ3v) is 5.80. The lowest BCUT2D eigenvalue weighted by atomic mass is 9.85. The number of β-amino-alcohol motifs (C(OH)–C–C–N with tert-alkyl or cyclic N) is 1. The topological polar surface area (TPSA) is 151 Å². The van der Waals surface area contributed by atoms with Crippen molar-refractivity contribution in [2.24, 2.45) is 17.1 Å². The van der Waals surface area contributed by atoms with Crippen LogP contribution in [0.1, 0.15) is 64.1 Å². The van der Waals surface area contributed by atoms with Crippen LogP contribution in [0, 0.1) is 17.8 Å². The summed E-state index contributed by atoms with van der Waals surface area (Å²) in [6.45, 7) is 9.04. The molecule has 7 N–H and O–H groups in total. The third-order valence-electron chi connectivity index (χ3n) is 5.80. The van der Waals surface area contributed by atoms with Crippen molar-refractivity contribution in [2.75, 3.05) is 26.8 Å². The number of amides is 2. The van der Waals surface area contributed by atoms with Gasteiger partial charge in [-0.05, 0) is 49.8 Å². The van der Waals surface area contributed by atoms with E-state index in [1.807, 2.05) is 52.0 Å². The van der Waals surface area contributed by atoms with E-state index in [9.17, 15) is 14.7 Å². The van der Waals surface area contributed by atoms with Crippen molar-refractivity contribution in [2.45, 2.75) is 64.7 Å². The molecule has 0 bridgehead atoms. The maximum absolute atomic E-state index is 11.8. The number of likely N-dealkylation sites (tertiary alicyclic amines) is 1. The highest BCUT2D eigenvalue weighted by atomic mass is 16.5. The number of methoxy groups -OCH3 is 1. The molecule has 2 unspecified atom stereocenters. The van der Waals surface area contributed by atoms with Crippen molar-refractivity contribution in [3.05, 3.63) is 35.4 Å². The fraction of sp³-hybridized carbons (Fsp3) is 0.600. The van der Waals surface area contributed by atoms with Crippen LogP contribution >= 0.6 is 0 Å². The lowest BCUT2D eigenvalue weighted by molar-refractivity contribution is -0.132. The Hall–Kier alpha value is -2.48. The molecule has 2 atom stereocenters. The first-order chi connectivity index (χ1) is 16.0. The molecule has 0 aliphatic carbocycles. The molecule has 1 aromatic carbocycles. The van der Waals surface area contributed by atoms with E-state index in [1.165, 1.54) is 0 Å². The Morgan fingerprint density at radius 1 is 1.32 bits per heavy atom. The Balaban J connectivity index is 0.000000601. The van der Waals surface area contributed by atoms with Gasteiger partial charge in [-0.3, -0.25) is 21.3 Å². The Kier molecular flexibility index (Phi) is 14.3. The van der Waals surface area contributed by atoms with Crippen molar-refractivity contribution in [1.82, 2.24) is 10.2 Å². The molecule has 9 heteroatoms. The van der Waals surface area contributed by atoms with Crippen molar-refractivity contribution in [3.8, 4) is 12.3 Å². The number of benzene rings is 1. The van der Waals surface area contributed by atoms with Gasteiger partial charge in [-0.25, -0.2) is 0 Å². The van der Waals surface area contributed by atoms with E-state index in [4.69, 9.17) is 16.3 Å². The van der Waals surface area contributed by atoms with Gasteiger partial charge >= 0.3 is 0 Å². The number of hydrogen-bond acceptors (Lipinski definition) is 7. The third kappa shape index (κ3) is 10.6. The van der Waals surface area contributed by atoms with E-state index < -0.39 is 5.60 Å². The van der Waals surface area contributed by atoms with Crippen LogP contribution in [0.15, 0.2) is 24.3 Å². The summed E-state index contributed by atoms with van der Waals surface area (Å²) in [5.41, 5.74) is 1.13. The molecule has 1 aliphatic rings. The summed E-state index contributed by atoms with van der Waals surface area (Å²) in [5.74, 6) is 10.6. The minimum Gasteiger partial charge on any atom is -0.396 e. The van der Waals surface area contributed by atoms with Crippen LogP contribution in [-0.2, 0) is 14.3 Å². The normalized spacial score (nSPS) is 16.2. The average Bonchev–Trinajstić information content (AvgIpc) is 3.25. The monoisotopic (exact) mass is 478 g/mol. The van der Waals surface area contributed by atoms with Crippen LogP contribution < -0.4 is 17.0 Å². The molecule has 2 amide bonds. The standard InChI is InChI=1S/C14H17NO2.C11H21NO3.H4N2/c1-5-11-6-8-12(9-7-11)13(15-10-16)14(2,3)17-4;1-11(2,4-6-13)7-10(15)12-5-3-9(14)8-12;1-2/h1,6-10,13H,2-4H3,(H,15,16);9,13-14H,3-8H2,1-2H3;1-2H2. The molecular weight excluding hydrogens is 436 g/mol. The highest BCUT2D eigenvalue weighted by Gasteiger charge is 2.30. The Bertz CT molecular complexity index is 775. The van der Waals surface area contributed by atoms with Gasteiger partial charge in [0.15, 0.2) is 0 Å². The Morgan fingerprint density at radius 2 is 1.91 bits per heavy atom. The van der Waals surface area contributed by atoms with Gasteiger partial charge in [0, 0.05) is 38.8 Å². The first kappa shape index (κ1) is 31.5. The van der Waals surface area contributed by atoms with Crippen molar-refractivity contribution in [3.63, 3.8) is 0 Å². The predicted octanol–water partition coefficient (Wildman–Crippen LogP) is 1.08. The van der Waals surface area contributed by atoms with Crippen LogP contribution in [0.5, 0.6) is 0 Å². The largest absolute Gasteiger partial charge is 0.396 e. The maximum Gasteiger partial charge on any atom is 0.223 e. The molecule has 0 radical (unpaired) electrons.